The van der Waals surface area contributed by atoms with E-state index in [4.69, 9.17) is 16.3 Å². The molecule has 0 heterocycles. The summed E-state index contributed by atoms with van der Waals surface area (Å²) < 4.78 is 4.79. The molecule has 0 saturated carbocycles. The number of hydrogen-bond acceptors (Lipinski definition) is 2. The first-order valence-electron chi connectivity index (χ1n) is 4.20. The van der Waals surface area contributed by atoms with Crippen molar-refractivity contribution in [2.45, 2.75) is 12.5 Å². The Morgan fingerprint density at radius 1 is 1.43 bits per heavy atom. The van der Waals surface area contributed by atoms with Gasteiger partial charge in [0.1, 0.15) is 0 Å². The van der Waals surface area contributed by atoms with Crippen molar-refractivity contribution in [3.05, 3.63) is 42.5 Å². The highest BCUT2D eigenvalue weighted by molar-refractivity contribution is 6.22. The first-order valence-corrected chi connectivity index (χ1v) is 4.64. The van der Waals surface area contributed by atoms with Crippen molar-refractivity contribution < 1.29 is 9.53 Å². The fourth-order valence-corrected chi connectivity index (χ4v) is 1.06. The Morgan fingerprint density at radius 3 is 2.50 bits per heavy atom. The molecule has 0 fully saturated rings. The minimum atomic E-state index is -0.636. The molecule has 2 nitrogen and oxygen atoms in total. The number of hydrogen-bond donors (Lipinski definition) is 0. The molecule has 1 atom stereocenters. The van der Waals surface area contributed by atoms with Crippen LogP contribution in [0.25, 0.3) is 5.57 Å². The van der Waals surface area contributed by atoms with E-state index in [9.17, 15) is 4.79 Å². The first-order chi connectivity index (χ1) is 6.61. The van der Waals surface area contributed by atoms with Crippen molar-refractivity contribution in [3.8, 4) is 0 Å². The Bertz CT molecular complexity index is 330. The first kappa shape index (κ1) is 10.8. The molecular formula is C11H11ClO2. The highest BCUT2D eigenvalue weighted by Gasteiger charge is 2.12. The molecule has 0 aromatic heterocycles. The van der Waals surface area contributed by atoms with E-state index >= 15 is 0 Å². The van der Waals surface area contributed by atoms with Gasteiger partial charge in [0.15, 0.2) is 5.56 Å². The van der Waals surface area contributed by atoms with Gasteiger partial charge in [0.05, 0.1) is 5.57 Å². The number of carbonyl (C=O) groups excluding carboxylic acids is 1. The number of alkyl halides is 1. The van der Waals surface area contributed by atoms with Crippen molar-refractivity contribution in [1.29, 1.82) is 0 Å². The van der Waals surface area contributed by atoms with Crippen LogP contribution in [0.1, 0.15) is 12.5 Å². The summed E-state index contributed by atoms with van der Waals surface area (Å²) in [5.41, 5.74) is 0.427. The van der Waals surface area contributed by atoms with Gasteiger partial charge in [-0.1, -0.05) is 48.5 Å². The number of benzene rings is 1. The molecule has 0 aliphatic rings. The zero-order valence-corrected chi connectivity index (χ0v) is 8.62. The van der Waals surface area contributed by atoms with E-state index in [1.807, 2.05) is 18.2 Å². The Labute approximate surface area is 88.1 Å². The van der Waals surface area contributed by atoms with Crippen molar-refractivity contribution in [2.24, 2.45) is 0 Å². The minimum absolute atomic E-state index is 0.318. The highest BCUT2D eigenvalue weighted by Crippen LogP contribution is 2.14. The smallest absolute Gasteiger partial charge is 0.339 e. The van der Waals surface area contributed by atoms with Crippen LogP contribution in [0.4, 0.5) is 0 Å². The van der Waals surface area contributed by atoms with Crippen LogP contribution in [-0.4, -0.2) is 11.5 Å². The molecule has 1 aromatic carbocycles. The summed E-state index contributed by atoms with van der Waals surface area (Å²) >= 11 is 5.52. The van der Waals surface area contributed by atoms with Crippen LogP contribution >= 0.6 is 11.6 Å². The van der Waals surface area contributed by atoms with E-state index in [1.54, 1.807) is 19.1 Å². The predicted octanol–water partition coefficient (Wildman–Crippen LogP) is 2.83. The maximum atomic E-state index is 11.3. The van der Waals surface area contributed by atoms with Crippen LogP contribution in [0, 0.1) is 0 Å². The molecule has 0 spiro atoms. The third-order valence-electron chi connectivity index (χ3n) is 1.64. The molecule has 0 amide bonds. The summed E-state index contributed by atoms with van der Waals surface area (Å²) in [4.78, 5) is 11.3. The Hall–Kier alpha value is -1.28. The second kappa shape index (κ2) is 4.82. The van der Waals surface area contributed by atoms with E-state index in [1.165, 1.54) is 0 Å². The number of ether oxygens (including phenoxy) is 1. The highest BCUT2D eigenvalue weighted by atomic mass is 35.5. The van der Waals surface area contributed by atoms with Gasteiger partial charge in [-0.3, -0.25) is 0 Å². The zero-order valence-electron chi connectivity index (χ0n) is 7.87. The van der Waals surface area contributed by atoms with Crippen LogP contribution in [0.5, 0.6) is 0 Å². The predicted molar refractivity (Wildman–Crippen MR) is 56.9 cm³/mol. The molecule has 1 aromatic rings. The number of halogens is 1. The monoisotopic (exact) mass is 210 g/mol. The lowest BCUT2D eigenvalue weighted by Crippen LogP contribution is -2.10. The van der Waals surface area contributed by atoms with Gasteiger partial charge in [0, 0.05) is 0 Å². The van der Waals surface area contributed by atoms with E-state index in [2.05, 4.69) is 6.58 Å². The van der Waals surface area contributed by atoms with E-state index in [-0.39, 0.29) is 0 Å². The van der Waals surface area contributed by atoms with E-state index < -0.39 is 11.5 Å². The van der Waals surface area contributed by atoms with Crippen LogP contribution in [0.2, 0.25) is 0 Å². The largest absolute Gasteiger partial charge is 0.443 e. The standard InChI is InChI=1S/C11H11ClO2/c1-8(11(13)14-9(2)12)10-6-4-3-5-7-10/h3-7,9H,1H2,2H3. The van der Waals surface area contributed by atoms with Gasteiger partial charge in [0.2, 0.25) is 0 Å². The van der Waals surface area contributed by atoms with Crippen LogP contribution in [-0.2, 0) is 9.53 Å². The number of esters is 1. The summed E-state index contributed by atoms with van der Waals surface area (Å²) in [6.07, 6.45) is 0. The van der Waals surface area contributed by atoms with Gasteiger partial charge in [-0.2, -0.15) is 0 Å². The van der Waals surface area contributed by atoms with Crippen molar-refractivity contribution in [2.75, 3.05) is 0 Å². The molecule has 0 aliphatic heterocycles. The Morgan fingerprint density at radius 2 is 2.00 bits per heavy atom. The van der Waals surface area contributed by atoms with Gasteiger partial charge >= 0.3 is 5.97 Å². The van der Waals surface area contributed by atoms with E-state index in [0.29, 0.717) is 5.57 Å². The quantitative estimate of drug-likeness (QED) is 0.436. The summed E-state index contributed by atoms with van der Waals surface area (Å²) in [6.45, 7) is 5.23. The van der Waals surface area contributed by atoms with Crippen LogP contribution in [0.3, 0.4) is 0 Å². The van der Waals surface area contributed by atoms with E-state index in [0.717, 1.165) is 5.56 Å². The average molecular weight is 211 g/mol. The molecule has 14 heavy (non-hydrogen) atoms. The molecule has 3 heteroatoms. The number of rotatable bonds is 3. The zero-order chi connectivity index (χ0) is 10.6. The van der Waals surface area contributed by atoms with Crippen LogP contribution in [0.15, 0.2) is 36.9 Å². The Balaban J connectivity index is 2.72. The van der Waals surface area contributed by atoms with Gasteiger partial charge in [-0.25, -0.2) is 4.79 Å². The third kappa shape index (κ3) is 2.89. The second-order valence-corrected chi connectivity index (χ2v) is 3.41. The molecule has 0 radical (unpaired) electrons. The van der Waals surface area contributed by atoms with Gasteiger partial charge < -0.3 is 4.74 Å². The van der Waals surface area contributed by atoms with Gasteiger partial charge in [-0.05, 0) is 12.5 Å². The second-order valence-electron chi connectivity index (χ2n) is 2.79. The summed E-state index contributed by atoms with van der Waals surface area (Å²) in [7, 11) is 0. The SMILES string of the molecule is C=C(C(=O)OC(C)Cl)c1ccccc1. The van der Waals surface area contributed by atoms with Gasteiger partial charge in [-0.15, -0.1) is 0 Å². The topological polar surface area (TPSA) is 26.3 Å². The van der Waals surface area contributed by atoms with Crippen LogP contribution < -0.4 is 0 Å². The fraction of sp³-hybridized carbons (Fsp3) is 0.182. The van der Waals surface area contributed by atoms with Crippen molar-refractivity contribution >= 4 is 23.1 Å². The molecular weight excluding hydrogens is 200 g/mol. The lowest BCUT2D eigenvalue weighted by molar-refractivity contribution is -0.137. The number of carbonyl (C=O) groups is 1. The lowest BCUT2D eigenvalue weighted by Gasteiger charge is -2.08. The molecule has 0 saturated heterocycles. The normalized spacial score (nSPS) is 11.9. The molecule has 74 valence electrons. The molecule has 0 N–H and O–H groups in total. The average Bonchev–Trinajstić information content (AvgIpc) is 2.17. The Kier molecular flexibility index (Phi) is 3.72. The fourth-order valence-electron chi connectivity index (χ4n) is 0.976. The van der Waals surface area contributed by atoms with Crippen molar-refractivity contribution in [1.82, 2.24) is 0 Å². The minimum Gasteiger partial charge on any atom is -0.443 e. The summed E-state index contributed by atoms with van der Waals surface area (Å²) in [5, 5.41) is 0. The molecule has 1 rings (SSSR count). The molecule has 0 aliphatic carbocycles. The van der Waals surface area contributed by atoms with Gasteiger partial charge in [0.25, 0.3) is 0 Å². The third-order valence-corrected chi connectivity index (χ3v) is 1.73. The summed E-state index contributed by atoms with van der Waals surface area (Å²) in [5.74, 6) is -0.487. The lowest BCUT2D eigenvalue weighted by atomic mass is 10.1. The molecule has 0 bridgehead atoms. The summed E-state index contributed by atoms with van der Waals surface area (Å²) in [6, 6.07) is 9.12. The molecule has 1 unspecified atom stereocenters. The maximum Gasteiger partial charge on any atom is 0.339 e. The maximum absolute atomic E-state index is 11.3. The van der Waals surface area contributed by atoms with Crippen molar-refractivity contribution in [3.63, 3.8) is 0 Å².